The number of halogens is 1. The van der Waals surface area contributed by atoms with Gasteiger partial charge >= 0.3 is 0 Å². The molecule has 1 heterocycles. The molecule has 0 radical (unpaired) electrons. The molecule has 1 aromatic heterocycles. The van der Waals surface area contributed by atoms with Gasteiger partial charge in [-0.15, -0.1) is 0 Å². The molecule has 1 atom stereocenters. The summed E-state index contributed by atoms with van der Waals surface area (Å²) in [6, 6.07) is 2.72. The number of pyridine rings is 1. The van der Waals surface area contributed by atoms with Crippen LogP contribution in [-0.2, 0) is 0 Å². The van der Waals surface area contributed by atoms with Crippen LogP contribution in [0, 0.1) is 11.9 Å². The Kier molecular flexibility index (Phi) is 4.40. The molecule has 0 fully saturated rings. The number of rotatable bonds is 4. The molecule has 0 bridgehead atoms. The first-order valence-corrected chi connectivity index (χ1v) is 5.41. The van der Waals surface area contributed by atoms with E-state index in [4.69, 9.17) is 0 Å². The van der Waals surface area contributed by atoms with Crippen LogP contribution in [-0.4, -0.2) is 16.9 Å². The van der Waals surface area contributed by atoms with Gasteiger partial charge in [0, 0.05) is 12.2 Å². The van der Waals surface area contributed by atoms with Gasteiger partial charge in [0.25, 0.3) is 5.91 Å². The zero-order chi connectivity index (χ0) is 12.1. The van der Waals surface area contributed by atoms with Crippen LogP contribution in [0.25, 0.3) is 0 Å². The molecular weight excluding hydrogens is 207 g/mol. The highest BCUT2D eigenvalue weighted by atomic mass is 19.1. The lowest BCUT2D eigenvalue weighted by atomic mass is 10.1. The van der Waals surface area contributed by atoms with E-state index in [1.165, 1.54) is 18.3 Å². The Balaban J connectivity index is 2.55. The quantitative estimate of drug-likeness (QED) is 0.798. The van der Waals surface area contributed by atoms with E-state index in [2.05, 4.69) is 24.1 Å². The molecular formula is C12H17FN2O. The monoisotopic (exact) mass is 224 g/mol. The van der Waals surface area contributed by atoms with Crippen molar-refractivity contribution >= 4 is 5.91 Å². The first-order chi connectivity index (χ1) is 7.49. The third-order valence-corrected chi connectivity index (χ3v) is 2.19. The van der Waals surface area contributed by atoms with Gasteiger partial charge < -0.3 is 5.32 Å². The van der Waals surface area contributed by atoms with Crippen molar-refractivity contribution in [2.45, 2.75) is 33.2 Å². The largest absolute Gasteiger partial charge is 0.350 e. The Morgan fingerprint density at radius 2 is 2.12 bits per heavy atom. The molecule has 0 saturated heterocycles. The second kappa shape index (κ2) is 5.58. The average molecular weight is 224 g/mol. The van der Waals surface area contributed by atoms with Crippen LogP contribution in [0.2, 0.25) is 0 Å². The number of nitrogens with zero attached hydrogens (tertiary/aromatic N) is 1. The number of carbonyl (C=O) groups excluding carboxylic acids is 1. The van der Waals surface area contributed by atoms with Gasteiger partial charge in [0.15, 0.2) is 0 Å². The van der Waals surface area contributed by atoms with E-state index in [-0.39, 0.29) is 11.9 Å². The summed E-state index contributed by atoms with van der Waals surface area (Å²) in [6.45, 7) is 6.15. The van der Waals surface area contributed by atoms with Gasteiger partial charge in [-0.3, -0.25) is 4.79 Å². The van der Waals surface area contributed by atoms with E-state index in [1.807, 2.05) is 6.92 Å². The second-order valence-corrected chi connectivity index (χ2v) is 4.37. The van der Waals surface area contributed by atoms with Gasteiger partial charge in [-0.05, 0) is 31.4 Å². The summed E-state index contributed by atoms with van der Waals surface area (Å²) in [5, 5.41) is 2.85. The van der Waals surface area contributed by atoms with Crippen LogP contribution >= 0.6 is 0 Å². The van der Waals surface area contributed by atoms with E-state index < -0.39 is 5.95 Å². The highest BCUT2D eigenvalue weighted by Crippen LogP contribution is 2.05. The Morgan fingerprint density at radius 1 is 1.44 bits per heavy atom. The first kappa shape index (κ1) is 12.6. The number of carbonyl (C=O) groups is 1. The fraction of sp³-hybridized carbons (Fsp3) is 0.500. The molecule has 0 aliphatic heterocycles. The Morgan fingerprint density at radius 3 is 2.62 bits per heavy atom. The molecule has 1 N–H and O–H groups in total. The molecule has 88 valence electrons. The van der Waals surface area contributed by atoms with E-state index in [1.54, 1.807) is 0 Å². The molecule has 0 aliphatic rings. The SMILES string of the molecule is CC(C)CC(C)NC(=O)c1ccc(F)nc1. The molecule has 1 rings (SSSR count). The van der Waals surface area contributed by atoms with Crippen LogP contribution < -0.4 is 5.32 Å². The fourth-order valence-corrected chi connectivity index (χ4v) is 1.58. The van der Waals surface area contributed by atoms with E-state index in [0.29, 0.717) is 11.5 Å². The van der Waals surface area contributed by atoms with Crippen LogP contribution in [0.5, 0.6) is 0 Å². The van der Waals surface area contributed by atoms with E-state index >= 15 is 0 Å². The third kappa shape index (κ3) is 3.96. The van der Waals surface area contributed by atoms with E-state index in [9.17, 15) is 9.18 Å². The first-order valence-electron chi connectivity index (χ1n) is 5.41. The minimum atomic E-state index is -0.577. The molecule has 1 aromatic rings. The lowest BCUT2D eigenvalue weighted by Crippen LogP contribution is -2.33. The number of hydrogen-bond acceptors (Lipinski definition) is 2. The van der Waals surface area contributed by atoms with Crippen molar-refractivity contribution in [1.29, 1.82) is 0 Å². The summed E-state index contributed by atoms with van der Waals surface area (Å²) < 4.78 is 12.5. The molecule has 1 amide bonds. The second-order valence-electron chi connectivity index (χ2n) is 4.37. The Hall–Kier alpha value is -1.45. The molecule has 0 saturated carbocycles. The Bertz CT molecular complexity index is 349. The minimum absolute atomic E-state index is 0.109. The zero-order valence-corrected chi connectivity index (χ0v) is 9.83. The average Bonchev–Trinajstić information content (AvgIpc) is 2.16. The maximum absolute atomic E-state index is 12.5. The van der Waals surface area contributed by atoms with Gasteiger partial charge in [-0.25, -0.2) is 4.98 Å². The van der Waals surface area contributed by atoms with Crippen molar-refractivity contribution in [3.63, 3.8) is 0 Å². The van der Waals surface area contributed by atoms with Crippen molar-refractivity contribution in [3.8, 4) is 0 Å². The maximum atomic E-state index is 12.5. The highest BCUT2D eigenvalue weighted by Gasteiger charge is 2.11. The number of hydrogen-bond donors (Lipinski definition) is 1. The molecule has 0 aromatic carbocycles. The van der Waals surface area contributed by atoms with Crippen molar-refractivity contribution in [3.05, 3.63) is 29.8 Å². The number of nitrogens with one attached hydrogen (secondary N) is 1. The van der Waals surface area contributed by atoms with Crippen molar-refractivity contribution < 1.29 is 9.18 Å². The van der Waals surface area contributed by atoms with Crippen molar-refractivity contribution in [2.75, 3.05) is 0 Å². The molecule has 4 heteroatoms. The molecule has 1 unspecified atom stereocenters. The summed E-state index contributed by atoms with van der Waals surface area (Å²) in [7, 11) is 0. The summed E-state index contributed by atoms with van der Waals surface area (Å²) >= 11 is 0. The highest BCUT2D eigenvalue weighted by molar-refractivity contribution is 5.93. The smallest absolute Gasteiger partial charge is 0.253 e. The van der Waals surface area contributed by atoms with Gasteiger partial charge in [0.2, 0.25) is 5.95 Å². The number of aromatic nitrogens is 1. The maximum Gasteiger partial charge on any atom is 0.253 e. The van der Waals surface area contributed by atoms with Crippen molar-refractivity contribution in [2.24, 2.45) is 5.92 Å². The predicted octanol–water partition coefficient (Wildman–Crippen LogP) is 2.39. The standard InChI is InChI=1S/C12H17FN2O/c1-8(2)6-9(3)15-12(16)10-4-5-11(13)14-7-10/h4-5,7-9H,6H2,1-3H3,(H,15,16). The Labute approximate surface area is 95.1 Å². The lowest BCUT2D eigenvalue weighted by Gasteiger charge is -2.15. The zero-order valence-electron chi connectivity index (χ0n) is 9.83. The molecule has 0 spiro atoms. The van der Waals surface area contributed by atoms with Crippen LogP contribution in [0.3, 0.4) is 0 Å². The van der Waals surface area contributed by atoms with Gasteiger partial charge in [0.05, 0.1) is 5.56 Å². The fourth-order valence-electron chi connectivity index (χ4n) is 1.58. The van der Waals surface area contributed by atoms with Gasteiger partial charge in [0.1, 0.15) is 0 Å². The summed E-state index contributed by atoms with van der Waals surface area (Å²) in [5.41, 5.74) is 0.386. The number of amides is 1. The minimum Gasteiger partial charge on any atom is -0.350 e. The topological polar surface area (TPSA) is 42.0 Å². The third-order valence-electron chi connectivity index (χ3n) is 2.19. The van der Waals surface area contributed by atoms with Crippen LogP contribution in [0.15, 0.2) is 18.3 Å². The summed E-state index contributed by atoms with van der Waals surface area (Å²) in [4.78, 5) is 15.1. The van der Waals surface area contributed by atoms with Crippen LogP contribution in [0.1, 0.15) is 37.6 Å². The van der Waals surface area contributed by atoms with Crippen molar-refractivity contribution in [1.82, 2.24) is 10.3 Å². The van der Waals surface area contributed by atoms with Gasteiger partial charge in [-0.1, -0.05) is 13.8 Å². The molecule has 16 heavy (non-hydrogen) atoms. The van der Waals surface area contributed by atoms with E-state index in [0.717, 1.165) is 6.42 Å². The van der Waals surface area contributed by atoms with Crippen LogP contribution in [0.4, 0.5) is 4.39 Å². The lowest BCUT2D eigenvalue weighted by molar-refractivity contribution is 0.0935. The predicted molar refractivity (Wildman–Crippen MR) is 60.6 cm³/mol. The molecule has 3 nitrogen and oxygen atoms in total. The van der Waals surface area contributed by atoms with Gasteiger partial charge in [-0.2, -0.15) is 4.39 Å². The summed E-state index contributed by atoms with van der Waals surface area (Å²) in [6.07, 6.45) is 2.16. The normalized spacial score (nSPS) is 12.6. The molecule has 0 aliphatic carbocycles. The summed E-state index contributed by atoms with van der Waals surface area (Å²) in [5.74, 6) is -0.255.